The van der Waals surface area contributed by atoms with Crippen molar-refractivity contribution in [3.63, 3.8) is 0 Å². The van der Waals surface area contributed by atoms with Crippen molar-refractivity contribution >= 4 is 39.0 Å². The van der Waals surface area contributed by atoms with E-state index in [0.717, 1.165) is 37.1 Å². The molecule has 1 aromatic heterocycles. The number of fused-ring (bicyclic) bond motifs is 1. The van der Waals surface area contributed by atoms with Crippen molar-refractivity contribution in [3.8, 4) is 11.6 Å². The molecule has 4 rings (SSSR count). The van der Waals surface area contributed by atoms with E-state index in [1.165, 1.54) is 0 Å². The van der Waals surface area contributed by atoms with Gasteiger partial charge in [0.2, 0.25) is 5.88 Å². The lowest BCUT2D eigenvalue weighted by atomic mass is 9.99. The number of rotatable bonds is 2. The molecule has 0 spiro atoms. The van der Waals surface area contributed by atoms with Gasteiger partial charge in [0.1, 0.15) is 5.56 Å². The Morgan fingerprint density at radius 2 is 1.82 bits per heavy atom. The van der Waals surface area contributed by atoms with Crippen molar-refractivity contribution in [2.75, 3.05) is 0 Å². The normalized spacial score (nSPS) is 14.2. The van der Waals surface area contributed by atoms with Crippen LogP contribution in [0.15, 0.2) is 61.5 Å². The second-order valence-corrected chi connectivity index (χ2v) is 7.50. The second kappa shape index (κ2) is 6.76. The van der Waals surface area contributed by atoms with Gasteiger partial charge in [0.15, 0.2) is 0 Å². The van der Waals surface area contributed by atoms with Crippen molar-refractivity contribution in [1.29, 1.82) is 0 Å². The van der Waals surface area contributed by atoms with E-state index in [2.05, 4.69) is 25.9 Å². The molecule has 1 aliphatic heterocycles. The Morgan fingerprint density at radius 1 is 1.11 bits per heavy atom. The maximum atomic E-state index is 12.5. The van der Waals surface area contributed by atoms with Crippen LogP contribution in [0.5, 0.6) is 5.88 Å². The number of nitrogens with one attached hydrogen (secondary N) is 1. The highest BCUT2D eigenvalue weighted by Gasteiger charge is 2.21. The van der Waals surface area contributed by atoms with Crippen LogP contribution < -0.4 is 11.2 Å². The van der Waals surface area contributed by atoms with Crippen LogP contribution in [0.25, 0.3) is 17.3 Å². The Balaban J connectivity index is 1.94. The molecular formula is C21H16BrN3O3. The summed E-state index contributed by atoms with van der Waals surface area (Å²) < 4.78 is 1.90. The highest BCUT2D eigenvalue weighted by atomic mass is 79.9. The fourth-order valence-electron chi connectivity index (χ4n) is 3.22. The van der Waals surface area contributed by atoms with Crippen molar-refractivity contribution in [1.82, 2.24) is 9.55 Å². The molecule has 140 valence electrons. The molecule has 0 unspecified atom stereocenters. The molecule has 2 heterocycles. The Labute approximate surface area is 168 Å². The van der Waals surface area contributed by atoms with Crippen LogP contribution in [0.1, 0.15) is 23.6 Å². The molecule has 0 saturated carbocycles. The average Bonchev–Trinajstić information content (AvgIpc) is 2.94. The van der Waals surface area contributed by atoms with Gasteiger partial charge in [-0.2, -0.15) is 0 Å². The Bertz CT molecular complexity index is 1280. The van der Waals surface area contributed by atoms with Gasteiger partial charge in [-0.3, -0.25) is 14.8 Å². The lowest BCUT2D eigenvalue weighted by Gasteiger charge is -2.11. The summed E-state index contributed by atoms with van der Waals surface area (Å²) in [4.78, 5) is 31.6. The van der Waals surface area contributed by atoms with Gasteiger partial charge in [0, 0.05) is 21.3 Å². The number of allylic oxidation sites excluding steroid dienone is 1. The number of aromatic hydroxyl groups is 1. The predicted octanol–water partition coefficient (Wildman–Crippen LogP) is 3.95. The minimum atomic E-state index is -0.708. The largest absolute Gasteiger partial charge is 0.494 e. The third-order valence-corrected chi connectivity index (χ3v) is 5.14. The zero-order valence-electron chi connectivity index (χ0n) is 15.2. The third-order valence-electron chi connectivity index (χ3n) is 4.61. The summed E-state index contributed by atoms with van der Waals surface area (Å²) in [5.74, 6) is -0.419. The Kier molecular flexibility index (Phi) is 4.39. The molecule has 0 radical (unpaired) electrons. The first kappa shape index (κ1) is 18.2. The lowest BCUT2D eigenvalue weighted by Crippen LogP contribution is -2.30. The van der Waals surface area contributed by atoms with Gasteiger partial charge in [-0.15, -0.1) is 0 Å². The number of hydrogen-bond donors (Lipinski definition) is 2. The van der Waals surface area contributed by atoms with Crippen molar-refractivity contribution < 1.29 is 5.11 Å². The highest BCUT2D eigenvalue weighted by molar-refractivity contribution is 9.10. The molecule has 0 atom stereocenters. The van der Waals surface area contributed by atoms with Gasteiger partial charge in [-0.05, 0) is 56.3 Å². The molecule has 0 amide bonds. The number of aryl methyl sites for hydroxylation is 1. The van der Waals surface area contributed by atoms with Crippen LogP contribution in [-0.2, 0) is 0 Å². The first-order valence-corrected chi connectivity index (χ1v) is 9.37. The van der Waals surface area contributed by atoms with Crippen LogP contribution in [0.3, 0.4) is 0 Å². The summed E-state index contributed by atoms with van der Waals surface area (Å²) in [6.07, 6.45) is 1.58. The van der Waals surface area contributed by atoms with Crippen LogP contribution >= 0.6 is 15.9 Å². The van der Waals surface area contributed by atoms with Crippen LogP contribution in [-0.4, -0.2) is 20.4 Å². The topological polar surface area (TPSA) is 87.4 Å². The minimum absolute atomic E-state index is 0.00132. The molecule has 0 saturated heterocycles. The number of aromatic nitrogens is 2. The summed E-state index contributed by atoms with van der Waals surface area (Å²) in [5.41, 5.74) is 3.31. The molecule has 28 heavy (non-hydrogen) atoms. The van der Waals surface area contributed by atoms with Gasteiger partial charge >= 0.3 is 5.69 Å². The van der Waals surface area contributed by atoms with Crippen LogP contribution in [0, 0.1) is 6.92 Å². The number of aliphatic imine (C=N–C) groups is 1. The molecule has 7 heteroatoms. The predicted molar refractivity (Wildman–Crippen MR) is 114 cm³/mol. The fourth-order valence-corrected chi connectivity index (χ4v) is 3.49. The van der Waals surface area contributed by atoms with Gasteiger partial charge < -0.3 is 5.11 Å². The summed E-state index contributed by atoms with van der Waals surface area (Å²) in [6, 6.07) is 12.7. The van der Waals surface area contributed by atoms with E-state index in [1.54, 1.807) is 30.3 Å². The number of hydrogen-bond acceptors (Lipinski definition) is 4. The van der Waals surface area contributed by atoms with E-state index in [0.29, 0.717) is 5.69 Å². The van der Waals surface area contributed by atoms with E-state index in [-0.39, 0.29) is 5.56 Å². The maximum Gasteiger partial charge on any atom is 0.335 e. The van der Waals surface area contributed by atoms with Crippen LogP contribution in [0.4, 0.5) is 5.69 Å². The minimum Gasteiger partial charge on any atom is -0.494 e. The van der Waals surface area contributed by atoms with Gasteiger partial charge in [0.05, 0.1) is 11.4 Å². The summed E-state index contributed by atoms with van der Waals surface area (Å²) in [7, 11) is 0. The third kappa shape index (κ3) is 3.03. The number of nitrogens with zero attached hydrogens (tertiary/aromatic N) is 2. The average molecular weight is 438 g/mol. The molecule has 1 aliphatic rings. The van der Waals surface area contributed by atoms with Gasteiger partial charge in [-0.1, -0.05) is 27.6 Å². The fraction of sp³-hybridized carbons (Fsp3) is 0.0952. The van der Waals surface area contributed by atoms with E-state index < -0.39 is 17.1 Å². The first-order valence-electron chi connectivity index (χ1n) is 8.58. The van der Waals surface area contributed by atoms with Crippen molar-refractivity contribution in [3.05, 3.63) is 84.5 Å². The molecule has 0 aliphatic carbocycles. The van der Waals surface area contributed by atoms with Crippen LogP contribution in [0.2, 0.25) is 0 Å². The van der Waals surface area contributed by atoms with Gasteiger partial charge in [-0.25, -0.2) is 9.36 Å². The maximum absolute atomic E-state index is 12.5. The Morgan fingerprint density at radius 3 is 2.54 bits per heavy atom. The molecule has 0 fully saturated rings. The molecule has 3 aromatic rings. The molecule has 2 aromatic carbocycles. The lowest BCUT2D eigenvalue weighted by molar-refractivity contribution is 0.429. The highest BCUT2D eigenvalue weighted by Crippen LogP contribution is 2.37. The van der Waals surface area contributed by atoms with E-state index in [1.807, 2.05) is 32.0 Å². The van der Waals surface area contributed by atoms with Gasteiger partial charge in [0.25, 0.3) is 5.56 Å². The number of halogens is 1. The summed E-state index contributed by atoms with van der Waals surface area (Å²) in [5, 5.41) is 10.8. The molecular weight excluding hydrogens is 422 g/mol. The monoisotopic (exact) mass is 437 g/mol. The zero-order valence-corrected chi connectivity index (χ0v) is 16.7. The molecule has 0 bridgehead atoms. The van der Waals surface area contributed by atoms with E-state index in [9.17, 15) is 14.7 Å². The molecule has 2 N–H and O–H groups in total. The Hall–Kier alpha value is -3.19. The first-order chi connectivity index (χ1) is 13.3. The summed E-state index contributed by atoms with van der Waals surface area (Å²) in [6.45, 7) is 3.82. The standard InChI is InChI=1S/C21H16BrN3O3/c1-11-3-8-18-16(9-11)15(12(2)23-18)10-17-19(26)24-21(28)25(20(17)27)14-6-4-13(22)5-7-14/h3-10,27H,1-2H3,(H,24,26,28)/b15-10+. The smallest absolute Gasteiger partial charge is 0.335 e. The van der Waals surface area contributed by atoms with E-state index >= 15 is 0 Å². The van der Waals surface area contributed by atoms with Crippen molar-refractivity contribution in [2.24, 2.45) is 4.99 Å². The number of benzene rings is 2. The number of H-pyrrole nitrogens is 1. The van der Waals surface area contributed by atoms with Crippen molar-refractivity contribution in [2.45, 2.75) is 13.8 Å². The SMILES string of the molecule is CC1=Nc2ccc(C)cc2/C1=C/c1c(O)n(-c2ccc(Br)cc2)c(=O)[nH]c1=O. The second-order valence-electron chi connectivity index (χ2n) is 6.58. The summed E-state index contributed by atoms with van der Waals surface area (Å²) >= 11 is 3.34. The van der Waals surface area contributed by atoms with E-state index in [4.69, 9.17) is 0 Å². The molecule has 6 nitrogen and oxygen atoms in total. The number of aromatic amines is 1. The quantitative estimate of drug-likeness (QED) is 0.635. The zero-order chi connectivity index (χ0) is 20.0.